The van der Waals surface area contributed by atoms with E-state index < -0.39 is 10.0 Å². The molecular weight excluding hydrogens is 376 g/mol. The van der Waals surface area contributed by atoms with Crippen LogP contribution in [-0.4, -0.2) is 50.8 Å². The van der Waals surface area contributed by atoms with Gasteiger partial charge in [-0.1, -0.05) is 0 Å². The smallest absolute Gasteiger partial charge is 0.257 e. The van der Waals surface area contributed by atoms with E-state index >= 15 is 0 Å². The summed E-state index contributed by atoms with van der Waals surface area (Å²) in [7, 11) is -0.676. The Bertz CT molecular complexity index is 967. The Morgan fingerprint density at radius 3 is 2.46 bits per heavy atom. The third-order valence-corrected chi connectivity index (χ3v) is 6.65. The summed E-state index contributed by atoms with van der Waals surface area (Å²) in [4.78, 5) is 19.5. The van der Waals surface area contributed by atoms with Crippen LogP contribution in [0.2, 0.25) is 0 Å². The summed E-state index contributed by atoms with van der Waals surface area (Å²) in [5.41, 5.74) is 2.54. The van der Waals surface area contributed by atoms with Crippen LogP contribution in [0.15, 0.2) is 41.4 Å². The lowest BCUT2D eigenvalue weighted by atomic mass is 10.1. The van der Waals surface area contributed by atoms with Crippen molar-refractivity contribution in [3.8, 4) is 0 Å². The zero-order valence-corrected chi connectivity index (χ0v) is 17.3. The molecule has 1 saturated heterocycles. The first-order valence-electron chi connectivity index (χ1n) is 9.34. The Morgan fingerprint density at radius 1 is 1.11 bits per heavy atom. The molecule has 2 aromatic rings. The number of aryl methyl sites for hydroxylation is 1. The minimum Gasteiger partial charge on any atom is -0.371 e. The summed E-state index contributed by atoms with van der Waals surface area (Å²) >= 11 is 0. The monoisotopic (exact) mass is 402 g/mol. The predicted molar refractivity (Wildman–Crippen MR) is 110 cm³/mol. The summed E-state index contributed by atoms with van der Waals surface area (Å²) in [5, 5.41) is 2.87. The van der Waals surface area contributed by atoms with Gasteiger partial charge in [-0.05, 0) is 56.5 Å². The number of amides is 1. The molecule has 0 radical (unpaired) electrons. The lowest BCUT2D eigenvalue weighted by molar-refractivity contribution is 0.102. The highest BCUT2D eigenvalue weighted by Crippen LogP contribution is 2.28. The number of benzene rings is 1. The SMILES string of the molecule is Cc1cc(NC(=O)c2cc(S(=O)(=O)N(C)C)ccc2N2CCCCC2)ccn1. The molecule has 8 heteroatoms. The predicted octanol–water partition coefficient (Wildman–Crippen LogP) is 2.88. The second kappa shape index (κ2) is 8.28. The molecule has 1 aliphatic heterocycles. The van der Waals surface area contributed by atoms with Crippen LogP contribution >= 0.6 is 0 Å². The van der Waals surface area contributed by atoms with Gasteiger partial charge in [0.15, 0.2) is 0 Å². The van der Waals surface area contributed by atoms with E-state index in [1.165, 1.54) is 26.6 Å². The Morgan fingerprint density at radius 2 is 1.82 bits per heavy atom. The molecule has 0 atom stereocenters. The molecule has 1 N–H and O–H groups in total. The first kappa shape index (κ1) is 20.3. The Balaban J connectivity index is 2.02. The third-order valence-electron chi connectivity index (χ3n) is 4.84. The maximum atomic E-state index is 13.1. The fraction of sp³-hybridized carbons (Fsp3) is 0.400. The first-order chi connectivity index (χ1) is 13.3. The number of sulfonamides is 1. The van der Waals surface area contributed by atoms with Gasteiger partial charge in [0.25, 0.3) is 5.91 Å². The lowest BCUT2D eigenvalue weighted by Gasteiger charge is -2.30. The number of pyridine rings is 1. The van der Waals surface area contributed by atoms with Gasteiger partial charge in [-0.25, -0.2) is 12.7 Å². The molecule has 1 aliphatic rings. The van der Waals surface area contributed by atoms with Crippen LogP contribution in [0.3, 0.4) is 0 Å². The summed E-state index contributed by atoms with van der Waals surface area (Å²) in [6.07, 6.45) is 4.91. The highest BCUT2D eigenvalue weighted by molar-refractivity contribution is 7.89. The molecule has 2 heterocycles. The zero-order chi connectivity index (χ0) is 20.3. The lowest BCUT2D eigenvalue weighted by Crippen LogP contribution is -2.32. The Labute approximate surface area is 166 Å². The highest BCUT2D eigenvalue weighted by Gasteiger charge is 2.24. The van der Waals surface area contributed by atoms with E-state index in [1.54, 1.807) is 30.5 Å². The van der Waals surface area contributed by atoms with E-state index in [0.29, 0.717) is 11.3 Å². The summed E-state index contributed by atoms with van der Waals surface area (Å²) in [6.45, 7) is 3.56. The molecule has 0 saturated carbocycles. The van der Waals surface area contributed by atoms with Crippen LogP contribution < -0.4 is 10.2 Å². The van der Waals surface area contributed by atoms with Gasteiger partial charge in [-0.2, -0.15) is 0 Å². The number of aromatic nitrogens is 1. The zero-order valence-electron chi connectivity index (χ0n) is 16.5. The minimum atomic E-state index is -3.64. The second-order valence-corrected chi connectivity index (χ2v) is 9.31. The van der Waals surface area contributed by atoms with Crippen LogP contribution in [0.1, 0.15) is 35.3 Å². The Hall–Kier alpha value is -2.45. The van der Waals surface area contributed by atoms with Gasteiger partial charge in [-0.15, -0.1) is 0 Å². The van der Waals surface area contributed by atoms with E-state index in [0.717, 1.165) is 41.6 Å². The topological polar surface area (TPSA) is 82.6 Å². The normalized spacial score (nSPS) is 14.9. The molecule has 1 aromatic carbocycles. The molecule has 3 rings (SSSR count). The van der Waals surface area contributed by atoms with Crippen molar-refractivity contribution in [2.45, 2.75) is 31.1 Å². The molecule has 28 heavy (non-hydrogen) atoms. The Kier molecular flexibility index (Phi) is 6.00. The van der Waals surface area contributed by atoms with E-state index in [9.17, 15) is 13.2 Å². The van der Waals surface area contributed by atoms with Crippen molar-refractivity contribution < 1.29 is 13.2 Å². The van der Waals surface area contributed by atoms with Crippen LogP contribution in [0, 0.1) is 6.92 Å². The molecule has 1 aromatic heterocycles. The van der Waals surface area contributed by atoms with Gasteiger partial charge in [-0.3, -0.25) is 9.78 Å². The molecule has 0 unspecified atom stereocenters. The van der Waals surface area contributed by atoms with Crippen LogP contribution in [0.4, 0.5) is 11.4 Å². The van der Waals surface area contributed by atoms with Crippen molar-refractivity contribution in [2.75, 3.05) is 37.4 Å². The number of carbonyl (C=O) groups excluding carboxylic acids is 1. The molecule has 1 amide bonds. The average Bonchev–Trinajstić information content (AvgIpc) is 2.68. The number of anilines is 2. The van der Waals surface area contributed by atoms with E-state index in [2.05, 4.69) is 15.2 Å². The molecule has 150 valence electrons. The van der Waals surface area contributed by atoms with E-state index in [1.807, 2.05) is 6.92 Å². The maximum absolute atomic E-state index is 13.1. The van der Waals surface area contributed by atoms with Crippen molar-refractivity contribution in [2.24, 2.45) is 0 Å². The average molecular weight is 403 g/mol. The molecule has 0 spiro atoms. The van der Waals surface area contributed by atoms with E-state index in [4.69, 9.17) is 0 Å². The minimum absolute atomic E-state index is 0.106. The third kappa shape index (κ3) is 4.34. The van der Waals surface area contributed by atoms with Gasteiger partial charge in [0.05, 0.1) is 10.5 Å². The van der Waals surface area contributed by atoms with Crippen LogP contribution in [-0.2, 0) is 10.0 Å². The standard InChI is InChI=1S/C20H26N4O3S/c1-15-13-16(9-10-21-15)22-20(25)18-14-17(28(26,27)23(2)3)7-8-19(18)24-11-5-4-6-12-24/h7-10,13-14H,4-6,11-12H2,1-3H3,(H,21,22,25). The van der Waals surface area contributed by atoms with Crippen LogP contribution in [0.25, 0.3) is 0 Å². The van der Waals surface area contributed by atoms with Crippen molar-refractivity contribution in [3.05, 3.63) is 47.8 Å². The number of nitrogens with zero attached hydrogens (tertiary/aromatic N) is 3. The fourth-order valence-corrected chi connectivity index (χ4v) is 4.23. The molecule has 7 nitrogen and oxygen atoms in total. The quantitative estimate of drug-likeness (QED) is 0.832. The summed E-state index contributed by atoms with van der Waals surface area (Å²) < 4.78 is 26.3. The van der Waals surface area contributed by atoms with Gasteiger partial charge in [0, 0.05) is 50.5 Å². The number of nitrogens with one attached hydrogen (secondary N) is 1. The maximum Gasteiger partial charge on any atom is 0.257 e. The number of hydrogen-bond acceptors (Lipinski definition) is 5. The summed E-state index contributed by atoms with van der Waals surface area (Å²) in [6, 6.07) is 8.29. The van der Waals surface area contributed by atoms with Crippen LogP contribution in [0.5, 0.6) is 0 Å². The molecular formula is C20H26N4O3S. The first-order valence-corrected chi connectivity index (χ1v) is 10.8. The number of rotatable bonds is 5. The second-order valence-electron chi connectivity index (χ2n) is 7.15. The van der Waals surface area contributed by atoms with Gasteiger partial charge in [0.1, 0.15) is 0 Å². The number of piperidine rings is 1. The largest absolute Gasteiger partial charge is 0.371 e. The molecule has 1 fully saturated rings. The van der Waals surface area contributed by atoms with Crippen molar-refractivity contribution in [3.63, 3.8) is 0 Å². The fourth-order valence-electron chi connectivity index (χ4n) is 3.30. The van der Waals surface area contributed by atoms with E-state index in [-0.39, 0.29) is 10.8 Å². The van der Waals surface area contributed by atoms with Crippen molar-refractivity contribution in [1.82, 2.24) is 9.29 Å². The van der Waals surface area contributed by atoms with Gasteiger partial charge in [0.2, 0.25) is 10.0 Å². The van der Waals surface area contributed by atoms with Crippen molar-refractivity contribution >= 4 is 27.3 Å². The molecule has 0 aliphatic carbocycles. The number of hydrogen-bond donors (Lipinski definition) is 1. The van der Waals surface area contributed by atoms with Crippen molar-refractivity contribution in [1.29, 1.82) is 0 Å². The number of carbonyl (C=O) groups is 1. The van der Waals surface area contributed by atoms with Gasteiger partial charge >= 0.3 is 0 Å². The van der Waals surface area contributed by atoms with Gasteiger partial charge < -0.3 is 10.2 Å². The molecule has 0 bridgehead atoms. The highest BCUT2D eigenvalue weighted by atomic mass is 32.2. The summed E-state index contributed by atoms with van der Waals surface area (Å²) in [5.74, 6) is -0.332.